The number of nitrogens with zero attached hydrogens (tertiary/aromatic N) is 2. The quantitative estimate of drug-likeness (QED) is 0.828. The fourth-order valence-electron chi connectivity index (χ4n) is 2.11. The summed E-state index contributed by atoms with van der Waals surface area (Å²) in [6.45, 7) is 6.04. The van der Waals surface area contributed by atoms with Gasteiger partial charge in [0.2, 0.25) is 5.91 Å². The van der Waals surface area contributed by atoms with Crippen molar-refractivity contribution in [3.05, 3.63) is 29.6 Å². The second kappa shape index (κ2) is 5.96. The molecule has 18 heavy (non-hydrogen) atoms. The van der Waals surface area contributed by atoms with Gasteiger partial charge >= 0.3 is 0 Å². The number of aryl methyl sites for hydroxylation is 1. The van der Waals surface area contributed by atoms with Crippen LogP contribution in [0, 0.1) is 6.92 Å². The maximum absolute atomic E-state index is 12.0. The van der Waals surface area contributed by atoms with E-state index in [0.717, 1.165) is 12.1 Å². The van der Waals surface area contributed by atoms with Crippen LogP contribution in [0.4, 0.5) is 0 Å². The molecule has 1 aromatic rings. The Kier molecular flexibility index (Phi) is 4.31. The molecule has 0 saturated heterocycles. The highest BCUT2D eigenvalue weighted by molar-refractivity contribution is 5.78. The lowest BCUT2D eigenvalue weighted by molar-refractivity contribution is -0.130. The highest BCUT2D eigenvalue weighted by Gasteiger charge is 2.30. The minimum Gasteiger partial charge on any atom is -0.339 e. The molecule has 0 bridgehead atoms. The number of amides is 1. The average Bonchev–Trinajstić information content (AvgIpc) is 3.17. The van der Waals surface area contributed by atoms with E-state index in [9.17, 15) is 4.79 Å². The van der Waals surface area contributed by atoms with Gasteiger partial charge in [-0.3, -0.25) is 9.78 Å². The highest BCUT2D eigenvalue weighted by Crippen LogP contribution is 2.26. The molecule has 4 nitrogen and oxygen atoms in total. The van der Waals surface area contributed by atoms with Crippen LogP contribution in [0.15, 0.2) is 18.5 Å². The number of carbonyl (C=O) groups is 1. The van der Waals surface area contributed by atoms with E-state index in [1.807, 2.05) is 24.1 Å². The smallest absolute Gasteiger partial charge is 0.236 e. The van der Waals surface area contributed by atoms with Gasteiger partial charge in [-0.25, -0.2) is 0 Å². The van der Waals surface area contributed by atoms with Gasteiger partial charge in [-0.05, 0) is 43.9 Å². The molecule has 98 valence electrons. The van der Waals surface area contributed by atoms with Crippen LogP contribution in [-0.2, 0) is 11.3 Å². The molecular weight excluding hydrogens is 226 g/mol. The van der Waals surface area contributed by atoms with E-state index in [0.29, 0.717) is 19.1 Å². The summed E-state index contributed by atoms with van der Waals surface area (Å²) in [5.41, 5.74) is 2.36. The number of hydrogen-bond acceptors (Lipinski definition) is 3. The third-order valence-corrected chi connectivity index (χ3v) is 3.39. The van der Waals surface area contributed by atoms with Gasteiger partial charge in [-0.1, -0.05) is 0 Å². The number of carbonyl (C=O) groups excluding carboxylic acids is 1. The Morgan fingerprint density at radius 3 is 2.94 bits per heavy atom. The lowest BCUT2D eigenvalue weighted by Gasteiger charge is -2.20. The first-order valence-electron chi connectivity index (χ1n) is 6.62. The van der Waals surface area contributed by atoms with Gasteiger partial charge in [0.05, 0.1) is 6.54 Å². The van der Waals surface area contributed by atoms with E-state index in [2.05, 4.69) is 17.2 Å². The second-order valence-electron chi connectivity index (χ2n) is 4.82. The normalized spacial score (nSPS) is 14.6. The molecule has 1 aliphatic carbocycles. The Labute approximate surface area is 108 Å². The third-order valence-electron chi connectivity index (χ3n) is 3.39. The zero-order valence-electron chi connectivity index (χ0n) is 11.1. The number of pyridine rings is 1. The topological polar surface area (TPSA) is 45.2 Å². The summed E-state index contributed by atoms with van der Waals surface area (Å²) in [6, 6.07) is 2.49. The third kappa shape index (κ3) is 3.29. The molecular formula is C14H21N3O. The van der Waals surface area contributed by atoms with E-state index in [1.165, 1.54) is 18.4 Å². The summed E-state index contributed by atoms with van der Waals surface area (Å²) in [4.78, 5) is 18.1. The van der Waals surface area contributed by atoms with Crippen LogP contribution in [0.2, 0.25) is 0 Å². The van der Waals surface area contributed by atoms with E-state index in [4.69, 9.17) is 0 Å². The molecule has 1 N–H and O–H groups in total. The standard InChI is InChI=1S/C14H21N3O/c1-3-17(13-4-5-13)14(18)10-16-9-12-8-15-7-6-11(12)2/h6-8,13,16H,3-5,9-10H2,1-2H3. The van der Waals surface area contributed by atoms with Crippen molar-refractivity contribution in [2.24, 2.45) is 0 Å². The summed E-state index contributed by atoms with van der Waals surface area (Å²) in [5.74, 6) is 0.210. The van der Waals surface area contributed by atoms with Gasteiger partial charge in [0, 0.05) is 31.5 Å². The number of likely N-dealkylation sites (N-methyl/N-ethyl adjacent to an activating group) is 1. The van der Waals surface area contributed by atoms with E-state index < -0.39 is 0 Å². The second-order valence-corrected chi connectivity index (χ2v) is 4.82. The molecule has 1 aromatic heterocycles. The Hall–Kier alpha value is -1.42. The first-order valence-corrected chi connectivity index (χ1v) is 6.62. The minimum atomic E-state index is 0.210. The molecule has 0 aliphatic heterocycles. The SMILES string of the molecule is CCN(C(=O)CNCc1cnccc1C)C1CC1. The van der Waals surface area contributed by atoms with Gasteiger partial charge in [-0.15, -0.1) is 0 Å². The molecule has 4 heteroatoms. The first-order chi connectivity index (χ1) is 8.72. The molecule has 1 fully saturated rings. The zero-order valence-corrected chi connectivity index (χ0v) is 11.1. The van der Waals surface area contributed by atoms with Crippen molar-refractivity contribution < 1.29 is 4.79 Å². The van der Waals surface area contributed by atoms with Crippen LogP contribution < -0.4 is 5.32 Å². The lowest BCUT2D eigenvalue weighted by Crippen LogP contribution is -2.39. The van der Waals surface area contributed by atoms with Crippen LogP contribution in [0.3, 0.4) is 0 Å². The number of aromatic nitrogens is 1. The molecule has 0 radical (unpaired) electrons. The van der Waals surface area contributed by atoms with Gasteiger partial charge in [0.15, 0.2) is 0 Å². The van der Waals surface area contributed by atoms with Crippen molar-refractivity contribution >= 4 is 5.91 Å². The van der Waals surface area contributed by atoms with Crippen molar-refractivity contribution in [1.29, 1.82) is 0 Å². The number of hydrogen-bond donors (Lipinski definition) is 1. The van der Waals surface area contributed by atoms with Gasteiger partial charge in [0.1, 0.15) is 0 Å². The zero-order chi connectivity index (χ0) is 13.0. The Morgan fingerprint density at radius 2 is 2.33 bits per heavy atom. The van der Waals surface area contributed by atoms with Gasteiger partial charge < -0.3 is 10.2 Å². The van der Waals surface area contributed by atoms with Crippen LogP contribution in [0.5, 0.6) is 0 Å². The maximum atomic E-state index is 12.0. The summed E-state index contributed by atoms with van der Waals surface area (Å²) in [5, 5.41) is 3.21. The molecule has 0 atom stereocenters. The Bertz CT molecular complexity index is 415. The van der Waals surface area contributed by atoms with Crippen molar-refractivity contribution in [1.82, 2.24) is 15.2 Å². The average molecular weight is 247 g/mol. The lowest BCUT2D eigenvalue weighted by atomic mass is 10.1. The van der Waals surface area contributed by atoms with E-state index in [1.54, 1.807) is 6.20 Å². The van der Waals surface area contributed by atoms with Gasteiger partial charge in [-0.2, -0.15) is 0 Å². The predicted molar refractivity (Wildman–Crippen MR) is 71.1 cm³/mol. The van der Waals surface area contributed by atoms with E-state index >= 15 is 0 Å². The van der Waals surface area contributed by atoms with E-state index in [-0.39, 0.29) is 5.91 Å². The Morgan fingerprint density at radius 1 is 1.56 bits per heavy atom. The van der Waals surface area contributed by atoms with Crippen molar-refractivity contribution in [3.63, 3.8) is 0 Å². The predicted octanol–water partition coefficient (Wildman–Crippen LogP) is 1.49. The molecule has 1 amide bonds. The fourth-order valence-corrected chi connectivity index (χ4v) is 2.11. The Balaban J connectivity index is 1.78. The summed E-state index contributed by atoms with van der Waals surface area (Å²) in [6.07, 6.45) is 5.98. The highest BCUT2D eigenvalue weighted by atomic mass is 16.2. The van der Waals surface area contributed by atoms with Crippen LogP contribution in [0.1, 0.15) is 30.9 Å². The maximum Gasteiger partial charge on any atom is 0.236 e. The summed E-state index contributed by atoms with van der Waals surface area (Å²) < 4.78 is 0. The molecule has 1 aliphatic rings. The molecule has 2 rings (SSSR count). The molecule has 1 saturated carbocycles. The summed E-state index contributed by atoms with van der Waals surface area (Å²) in [7, 11) is 0. The van der Waals surface area contributed by atoms with Crippen molar-refractivity contribution in [3.8, 4) is 0 Å². The van der Waals surface area contributed by atoms with Crippen molar-refractivity contribution in [2.75, 3.05) is 13.1 Å². The molecule has 1 heterocycles. The van der Waals surface area contributed by atoms with Crippen LogP contribution >= 0.6 is 0 Å². The van der Waals surface area contributed by atoms with Crippen molar-refractivity contribution in [2.45, 2.75) is 39.3 Å². The molecule has 0 aromatic carbocycles. The monoisotopic (exact) mass is 247 g/mol. The van der Waals surface area contributed by atoms with Crippen LogP contribution in [-0.4, -0.2) is 34.9 Å². The number of nitrogens with one attached hydrogen (secondary N) is 1. The number of rotatable bonds is 6. The molecule has 0 unspecified atom stereocenters. The summed E-state index contributed by atoms with van der Waals surface area (Å²) >= 11 is 0. The van der Waals surface area contributed by atoms with Gasteiger partial charge in [0.25, 0.3) is 0 Å². The first kappa shape index (κ1) is 13.0. The largest absolute Gasteiger partial charge is 0.339 e. The van der Waals surface area contributed by atoms with Crippen LogP contribution in [0.25, 0.3) is 0 Å². The fraction of sp³-hybridized carbons (Fsp3) is 0.571. The minimum absolute atomic E-state index is 0.210. The molecule has 0 spiro atoms.